The van der Waals surface area contributed by atoms with Crippen molar-refractivity contribution in [1.29, 1.82) is 0 Å². The standard InChI is InChI=1S/C19H30N4S/c1-2-20-19(22-17-8-3-4-9-17)21-13-16-7-5-11-23(14-16)15-18-10-6-12-24-18/h3-4,6,10,12,16-17H,2,5,7-9,11,13-15H2,1H3,(H2,20,21,22). The molecule has 0 aromatic carbocycles. The number of aliphatic imine (C=N–C) groups is 1. The summed E-state index contributed by atoms with van der Waals surface area (Å²) < 4.78 is 0. The maximum absolute atomic E-state index is 4.87. The highest BCUT2D eigenvalue weighted by molar-refractivity contribution is 7.09. The van der Waals surface area contributed by atoms with E-state index in [0.29, 0.717) is 12.0 Å². The third kappa shape index (κ3) is 5.35. The number of piperidine rings is 1. The number of thiophene rings is 1. The van der Waals surface area contributed by atoms with Crippen molar-refractivity contribution in [3.05, 3.63) is 34.5 Å². The van der Waals surface area contributed by atoms with Gasteiger partial charge in [0.2, 0.25) is 0 Å². The van der Waals surface area contributed by atoms with Crippen LogP contribution in [0.15, 0.2) is 34.7 Å². The maximum atomic E-state index is 4.87. The second kappa shape index (κ2) is 9.23. The molecule has 0 saturated carbocycles. The van der Waals surface area contributed by atoms with E-state index in [4.69, 9.17) is 4.99 Å². The lowest BCUT2D eigenvalue weighted by molar-refractivity contribution is 0.172. The second-order valence-corrected chi connectivity index (χ2v) is 7.86. The van der Waals surface area contributed by atoms with Gasteiger partial charge in [-0.15, -0.1) is 11.3 Å². The summed E-state index contributed by atoms with van der Waals surface area (Å²) in [7, 11) is 0. The molecule has 1 fully saturated rings. The number of guanidine groups is 1. The van der Waals surface area contributed by atoms with E-state index in [0.717, 1.165) is 38.4 Å². The summed E-state index contributed by atoms with van der Waals surface area (Å²) in [5.41, 5.74) is 0. The van der Waals surface area contributed by atoms with Crippen LogP contribution in [0.3, 0.4) is 0 Å². The first kappa shape index (κ1) is 17.5. The minimum absolute atomic E-state index is 0.518. The van der Waals surface area contributed by atoms with E-state index < -0.39 is 0 Å². The van der Waals surface area contributed by atoms with Crippen LogP contribution in [-0.2, 0) is 6.54 Å². The maximum Gasteiger partial charge on any atom is 0.191 e. The summed E-state index contributed by atoms with van der Waals surface area (Å²) in [5.74, 6) is 1.66. The Bertz CT molecular complexity index is 530. The van der Waals surface area contributed by atoms with Crippen LogP contribution >= 0.6 is 11.3 Å². The van der Waals surface area contributed by atoms with Gasteiger partial charge in [0.15, 0.2) is 5.96 Å². The zero-order chi connectivity index (χ0) is 16.6. The summed E-state index contributed by atoms with van der Waals surface area (Å²) in [6.07, 6.45) is 9.33. The predicted octanol–water partition coefficient (Wildman–Crippen LogP) is 3.23. The van der Waals surface area contributed by atoms with Gasteiger partial charge in [0, 0.05) is 37.1 Å². The Morgan fingerprint density at radius 1 is 1.38 bits per heavy atom. The van der Waals surface area contributed by atoms with Crippen molar-refractivity contribution in [2.24, 2.45) is 10.9 Å². The van der Waals surface area contributed by atoms with Gasteiger partial charge in [0.05, 0.1) is 0 Å². The number of nitrogens with zero attached hydrogens (tertiary/aromatic N) is 2. The lowest BCUT2D eigenvalue weighted by atomic mass is 9.98. The number of rotatable bonds is 6. The molecule has 2 N–H and O–H groups in total. The fourth-order valence-electron chi connectivity index (χ4n) is 3.54. The topological polar surface area (TPSA) is 39.7 Å². The number of hydrogen-bond acceptors (Lipinski definition) is 3. The van der Waals surface area contributed by atoms with Crippen LogP contribution < -0.4 is 10.6 Å². The zero-order valence-electron chi connectivity index (χ0n) is 14.7. The Labute approximate surface area is 150 Å². The number of likely N-dealkylation sites (tertiary alicyclic amines) is 1. The normalized spacial score (nSPS) is 22.9. The molecule has 1 atom stereocenters. The van der Waals surface area contributed by atoms with Crippen molar-refractivity contribution in [2.45, 2.75) is 45.2 Å². The fraction of sp³-hybridized carbons (Fsp3) is 0.632. The Balaban J connectivity index is 1.48. The Morgan fingerprint density at radius 2 is 2.25 bits per heavy atom. The molecule has 3 rings (SSSR count). The molecule has 0 spiro atoms. The van der Waals surface area contributed by atoms with Gasteiger partial charge in [-0.1, -0.05) is 18.2 Å². The van der Waals surface area contributed by atoms with Gasteiger partial charge in [-0.3, -0.25) is 9.89 Å². The van der Waals surface area contributed by atoms with E-state index in [1.165, 1.54) is 30.8 Å². The SMILES string of the molecule is CCNC(=NCC1CCCN(Cc2cccs2)C1)NC1CC=CC1. The van der Waals surface area contributed by atoms with Gasteiger partial charge in [0.25, 0.3) is 0 Å². The lowest BCUT2D eigenvalue weighted by Gasteiger charge is -2.31. The third-order valence-corrected chi connectivity index (χ3v) is 5.62. The van der Waals surface area contributed by atoms with Gasteiger partial charge in [-0.25, -0.2) is 0 Å². The minimum Gasteiger partial charge on any atom is -0.357 e. The zero-order valence-corrected chi connectivity index (χ0v) is 15.5. The fourth-order valence-corrected chi connectivity index (χ4v) is 4.28. The highest BCUT2D eigenvalue weighted by Crippen LogP contribution is 2.20. The molecule has 1 aliphatic heterocycles. The summed E-state index contributed by atoms with van der Waals surface area (Å²) >= 11 is 1.87. The Hall–Kier alpha value is -1.33. The van der Waals surface area contributed by atoms with E-state index in [1.807, 2.05) is 11.3 Å². The van der Waals surface area contributed by atoms with Gasteiger partial charge >= 0.3 is 0 Å². The smallest absolute Gasteiger partial charge is 0.191 e. The van der Waals surface area contributed by atoms with E-state index in [2.05, 4.69) is 52.1 Å². The predicted molar refractivity (Wildman–Crippen MR) is 104 cm³/mol. The van der Waals surface area contributed by atoms with Gasteiger partial charge in [-0.05, 0) is 56.5 Å². The summed E-state index contributed by atoms with van der Waals surface area (Å²) in [5, 5.41) is 9.14. The first-order valence-electron chi connectivity index (χ1n) is 9.28. The van der Waals surface area contributed by atoms with E-state index in [9.17, 15) is 0 Å². The van der Waals surface area contributed by atoms with E-state index >= 15 is 0 Å². The summed E-state index contributed by atoms with van der Waals surface area (Å²) in [6.45, 7) is 7.48. The monoisotopic (exact) mass is 346 g/mol. The molecule has 1 aromatic rings. The molecule has 0 bridgehead atoms. The van der Waals surface area contributed by atoms with Gasteiger partial charge < -0.3 is 10.6 Å². The molecule has 1 aromatic heterocycles. The number of hydrogen-bond donors (Lipinski definition) is 2. The largest absolute Gasteiger partial charge is 0.357 e. The van der Waals surface area contributed by atoms with E-state index in [-0.39, 0.29) is 0 Å². The van der Waals surface area contributed by atoms with Crippen LogP contribution in [0.5, 0.6) is 0 Å². The average molecular weight is 347 g/mol. The van der Waals surface area contributed by atoms with Crippen molar-refractivity contribution in [1.82, 2.24) is 15.5 Å². The molecule has 0 radical (unpaired) electrons. The summed E-state index contributed by atoms with van der Waals surface area (Å²) in [6, 6.07) is 4.91. The molecule has 132 valence electrons. The highest BCUT2D eigenvalue weighted by atomic mass is 32.1. The van der Waals surface area contributed by atoms with E-state index in [1.54, 1.807) is 0 Å². The van der Waals surface area contributed by atoms with Crippen molar-refractivity contribution >= 4 is 17.3 Å². The van der Waals surface area contributed by atoms with Crippen molar-refractivity contribution in [2.75, 3.05) is 26.2 Å². The average Bonchev–Trinajstić information content (AvgIpc) is 3.27. The Morgan fingerprint density at radius 3 is 3.00 bits per heavy atom. The van der Waals surface area contributed by atoms with Crippen LogP contribution in [0.2, 0.25) is 0 Å². The first-order chi connectivity index (χ1) is 11.8. The molecule has 2 aliphatic rings. The van der Waals surface area contributed by atoms with Crippen molar-refractivity contribution < 1.29 is 0 Å². The van der Waals surface area contributed by atoms with Crippen molar-refractivity contribution in [3.63, 3.8) is 0 Å². The van der Waals surface area contributed by atoms with Crippen LogP contribution in [0.25, 0.3) is 0 Å². The second-order valence-electron chi connectivity index (χ2n) is 6.83. The van der Waals surface area contributed by atoms with Crippen LogP contribution in [-0.4, -0.2) is 43.1 Å². The molecule has 1 aliphatic carbocycles. The molecule has 2 heterocycles. The minimum atomic E-state index is 0.518. The molecular weight excluding hydrogens is 316 g/mol. The quantitative estimate of drug-likeness (QED) is 0.472. The van der Waals surface area contributed by atoms with Gasteiger partial charge in [-0.2, -0.15) is 0 Å². The molecule has 5 heteroatoms. The van der Waals surface area contributed by atoms with Crippen molar-refractivity contribution in [3.8, 4) is 0 Å². The molecule has 0 amide bonds. The van der Waals surface area contributed by atoms with Crippen LogP contribution in [0.4, 0.5) is 0 Å². The molecular formula is C19H30N4S. The summed E-state index contributed by atoms with van der Waals surface area (Å²) in [4.78, 5) is 8.94. The molecule has 24 heavy (non-hydrogen) atoms. The Kier molecular flexibility index (Phi) is 6.73. The molecule has 1 unspecified atom stereocenters. The first-order valence-corrected chi connectivity index (χ1v) is 10.2. The third-order valence-electron chi connectivity index (χ3n) is 4.76. The molecule has 1 saturated heterocycles. The molecule has 4 nitrogen and oxygen atoms in total. The lowest BCUT2D eigenvalue weighted by Crippen LogP contribution is -2.43. The van der Waals surface area contributed by atoms with Gasteiger partial charge in [0.1, 0.15) is 0 Å². The van der Waals surface area contributed by atoms with Crippen LogP contribution in [0, 0.1) is 5.92 Å². The number of nitrogens with one attached hydrogen (secondary N) is 2. The van der Waals surface area contributed by atoms with Crippen LogP contribution in [0.1, 0.15) is 37.5 Å². The highest BCUT2D eigenvalue weighted by Gasteiger charge is 2.20.